The van der Waals surface area contributed by atoms with E-state index in [2.05, 4.69) is 6.92 Å². The summed E-state index contributed by atoms with van der Waals surface area (Å²) < 4.78 is 0. The molecule has 1 aliphatic rings. The van der Waals surface area contributed by atoms with Crippen LogP contribution in [0.25, 0.3) is 0 Å². The standard InChI is InChI=1S/C20H36N2O3/c1-4-5-6-7-8-9-10-11-12-13-14-19-15-21(17(2)23)20(25)22(16-19)18(3)24/h19H,4-16H2,1-3H3. The summed E-state index contributed by atoms with van der Waals surface area (Å²) in [6.07, 6.45) is 13.9. The van der Waals surface area contributed by atoms with Gasteiger partial charge in [-0.2, -0.15) is 0 Å². The molecule has 144 valence electrons. The van der Waals surface area contributed by atoms with Crippen LogP contribution in [0.5, 0.6) is 0 Å². The number of urea groups is 1. The van der Waals surface area contributed by atoms with Crippen molar-refractivity contribution >= 4 is 17.8 Å². The van der Waals surface area contributed by atoms with Crippen LogP contribution in [0.15, 0.2) is 0 Å². The molecule has 5 nitrogen and oxygen atoms in total. The van der Waals surface area contributed by atoms with Gasteiger partial charge in [-0.3, -0.25) is 19.4 Å². The van der Waals surface area contributed by atoms with Gasteiger partial charge in [-0.25, -0.2) is 4.79 Å². The van der Waals surface area contributed by atoms with Gasteiger partial charge >= 0.3 is 6.03 Å². The Morgan fingerprint density at radius 2 is 1.20 bits per heavy atom. The normalized spacial score (nSPS) is 15.7. The van der Waals surface area contributed by atoms with Crippen LogP contribution in [-0.4, -0.2) is 40.7 Å². The Labute approximate surface area is 153 Å². The van der Waals surface area contributed by atoms with Crippen LogP contribution in [0.3, 0.4) is 0 Å². The van der Waals surface area contributed by atoms with Gasteiger partial charge in [0, 0.05) is 26.9 Å². The first-order valence-corrected chi connectivity index (χ1v) is 10.1. The lowest BCUT2D eigenvalue weighted by Gasteiger charge is -2.37. The fourth-order valence-corrected chi connectivity index (χ4v) is 3.51. The average molecular weight is 353 g/mol. The first-order chi connectivity index (χ1) is 12.0. The van der Waals surface area contributed by atoms with Crippen molar-refractivity contribution in [2.24, 2.45) is 5.92 Å². The molecule has 4 amide bonds. The molecule has 1 rings (SSSR count). The van der Waals surface area contributed by atoms with Gasteiger partial charge in [0.25, 0.3) is 0 Å². The minimum absolute atomic E-state index is 0.208. The zero-order valence-corrected chi connectivity index (χ0v) is 16.4. The topological polar surface area (TPSA) is 57.7 Å². The van der Waals surface area contributed by atoms with Crippen LogP contribution >= 0.6 is 0 Å². The molecule has 1 heterocycles. The number of unbranched alkanes of at least 4 members (excludes halogenated alkanes) is 9. The summed E-state index contributed by atoms with van der Waals surface area (Å²) in [5.41, 5.74) is 0. The van der Waals surface area contributed by atoms with E-state index in [1.54, 1.807) is 0 Å². The summed E-state index contributed by atoms with van der Waals surface area (Å²) in [5.74, 6) is -0.340. The van der Waals surface area contributed by atoms with Gasteiger partial charge in [0.2, 0.25) is 11.8 Å². The van der Waals surface area contributed by atoms with E-state index in [9.17, 15) is 14.4 Å². The summed E-state index contributed by atoms with van der Waals surface area (Å²) in [5, 5.41) is 0. The summed E-state index contributed by atoms with van der Waals surface area (Å²) in [6, 6.07) is -0.459. The van der Waals surface area contributed by atoms with Crippen molar-refractivity contribution in [3.05, 3.63) is 0 Å². The number of carbonyl (C=O) groups excluding carboxylic acids is 3. The Bertz CT molecular complexity index is 411. The van der Waals surface area contributed by atoms with E-state index in [0.717, 1.165) is 12.8 Å². The maximum atomic E-state index is 12.1. The van der Waals surface area contributed by atoms with Gasteiger partial charge in [0.05, 0.1) is 0 Å². The van der Waals surface area contributed by atoms with Crippen molar-refractivity contribution in [3.63, 3.8) is 0 Å². The lowest BCUT2D eigenvalue weighted by atomic mass is 9.97. The first kappa shape index (κ1) is 21.7. The van der Waals surface area contributed by atoms with Gasteiger partial charge in [-0.1, -0.05) is 71.1 Å². The molecule has 0 saturated carbocycles. The third-order valence-corrected chi connectivity index (χ3v) is 5.07. The lowest BCUT2D eigenvalue weighted by Crippen LogP contribution is -2.56. The third kappa shape index (κ3) is 8.02. The Hall–Kier alpha value is -1.39. The number of amides is 4. The van der Waals surface area contributed by atoms with Gasteiger partial charge in [-0.05, 0) is 12.3 Å². The predicted octanol–water partition coefficient (Wildman–Crippen LogP) is 4.74. The highest BCUT2D eigenvalue weighted by Gasteiger charge is 2.35. The number of imide groups is 2. The van der Waals surface area contributed by atoms with E-state index in [-0.39, 0.29) is 17.7 Å². The van der Waals surface area contributed by atoms with Gasteiger partial charge in [0.1, 0.15) is 0 Å². The van der Waals surface area contributed by atoms with Crippen molar-refractivity contribution in [2.75, 3.05) is 13.1 Å². The Morgan fingerprint density at radius 1 is 0.800 bits per heavy atom. The average Bonchev–Trinajstić information content (AvgIpc) is 2.57. The molecule has 0 spiro atoms. The molecule has 0 unspecified atom stereocenters. The van der Waals surface area contributed by atoms with Crippen LogP contribution < -0.4 is 0 Å². The Morgan fingerprint density at radius 3 is 1.60 bits per heavy atom. The van der Waals surface area contributed by atoms with E-state index in [0.29, 0.717) is 13.1 Å². The van der Waals surface area contributed by atoms with E-state index in [1.165, 1.54) is 81.4 Å². The van der Waals surface area contributed by atoms with E-state index in [1.807, 2.05) is 0 Å². The van der Waals surface area contributed by atoms with Gasteiger partial charge in [-0.15, -0.1) is 0 Å². The summed E-state index contributed by atoms with van der Waals surface area (Å²) >= 11 is 0. The van der Waals surface area contributed by atoms with Crippen LogP contribution in [0.2, 0.25) is 0 Å². The summed E-state index contributed by atoms with van der Waals surface area (Å²) in [7, 11) is 0. The molecule has 5 heteroatoms. The number of hydrogen-bond donors (Lipinski definition) is 0. The molecule has 0 bridgehead atoms. The monoisotopic (exact) mass is 352 g/mol. The minimum atomic E-state index is -0.459. The van der Waals surface area contributed by atoms with Crippen molar-refractivity contribution < 1.29 is 14.4 Å². The zero-order valence-electron chi connectivity index (χ0n) is 16.4. The molecule has 1 fully saturated rings. The number of hydrogen-bond acceptors (Lipinski definition) is 3. The van der Waals surface area contributed by atoms with Gasteiger partial charge < -0.3 is 0 Å². The van der Waals surface area contributed by atoms with Gasteiger partial charge in [0.15, 0.2) is 0 Å². The van der Waals surface area contributed by atoms with Crippen molar-refractivity contribution in [3.8, 4) is 0 Å². The maximum absolute atomic E-state index is 12.1. The molecule has 25 heavy (non-hydrogen) atoms. The fraction of sp³-hybridized carbons (Fsp3) is 0.850. The van der Waals surface area contributed by atoms with E-state index >= 15 is 0 Å². The second-order valence-electron chi connectivity index (χ2n) is 7.38. The molecule has 0 radical (unpaired) electrons. The number of nitrogens with zero attached hydrogens (tertiary/aromatic N) is 2. The van der Waals surface area contributed by atoms with Crippen molar-refractivity contribution in [2.45, 2.75) is 91.4 Å². The Balaban J connectivity index is 2.20. The largest absolute Gasteiger partial charge is 0.333 e. The number of carbonyl (C=O) groups is 3. The summed E-state index contributed by atoms with van der Waals surface area (Å²) in [4.78, 5) is 37.8. The quantitative estimate of drug-likeness (QED) is 0.504. The highest BCUT2D eigenvalue weighted by molar-refractivity contribution is 6.01. The molecule has 0 atom stereocenters. The molecular weight excluding hydrogens is 316 g/mol. The molecule has 1 saturated heterocycles. The minimum Gasteiger partial charge on any atom is -0.275 e. The Kier molecular flexibility index (Phi) is 10.4. The zero-order chi connectivity index (χ0) is 18.7. The van der Waals surface area contributed by atoms with Crippen LogP contribution in [0.4, 0.5) is 4.79 Å². The van der Waals surface area contributed by atoms with Crippen molar-refractivity contribution in [1.82, 2.24) is 9.80 Å². The highest BCUT2D eigenvalue weighted by atomic mass is 16.2. The summed E-state index contributed by atoms with van der Waals surface area (Å²) in [6.45, 7) is 5.93. The fourth-order valence-electron chi connectivity index (χ4n) is 3.51. The van der Waals surface area contributed by atoms with Crippen LogP contribution in [-0.2, 0) is 9.59 Å². The van der Waals surface area contributed by atoms with Crippen LogP contribution in [0.1, 0.15) is 91.4 Å². The molecular formula is C20H36N2O3. The molecule has 0 aliphatic carbocycles. The second-order valence-corrected chi connectivity index (χ2v) is 7.38. The second kappa shape index (κ2) is 12.0. The van der Waals surface area contributed by atoms with Crippen molar-refractivity contribution in [1.29, 1.82) is 0 Å². The lowest BCUT2D eigenvalue weighted by molar-refractivity contribution is -0.132. The number of rotatable bonds is 11. The SMILES string of the molecule is CCCCCCCCCCCCC1CN(C(C)=O)C(=O)N(C(C)=O)C1. The molecule has 0 N–H and O–H groups in total. The van der Waals surface area contributed by atoms with Crippen LogP contribution in [0, 0.1) is 5.92 Å². The van der Waals surface area contributed by atoms with E-state index in [4.69, 9.17) is 0 Å². The molecule has 0 aromatic rings. The highest BCUT2D eigenvalue weighted by Crippen LogP contribution is 2.21. The third-order valence-electron chi connectivity index (χ3n) is 5.07. The first-order valence-electron chi connectivity index (χ1n) is 10.1. The molecule has 0 aromatic heterocycles. The maximum Gasteiger partial charge on any atom is 0.333 e. The smallest absolute Gasteiger partial charge is 0.275 e. The molecule has 0 aromatic carbocycles. The molecule has 1 aliphatic heterocycles. The van der Waals surface area contributed by atoms with E-state index < -0.39 is 6.03 Å². The predicted molar refractivity (Wildman–Crippen MR) is 100 cm³/mol.